The number of rotatable bonds is 10. The van der Waals surface area contributed by atoms with Gasteiger partial charge in [0.25, 0.3) is 0 Å². The molecule has 0 saturated carbocycles. The Morgan fingerprint density at radius 2 is 2.00 bits per heavy atom. The van der Waals surface area contributed by atoms with Crippen molar-refractivity contribution in [1.82, 2.24) is 15.5 Å². The summed E-state index contributed by atoms with van der Waals surface area (Å²) in [6, 6.07) is 16.4. The lowest BCUT2D eigenvalue weighted by Gasteiger charge is -2.31. The first-order chi connectivity index (χ1) is 16.1. The SMILES string of the molecule is C=CCOc1ccccc1CNC(=NC)NCc1cccc(CN2CCCC(C(N)=O)C2)c1. The maximum absolute atomic E-state index is 11.6. The molecule has 0 aliphatic carbocycles. The maximum Gasteiger partial charge on any atom is 0.221 e. The van der Waals surface area contributed by atoms with Crippen LogP contribution in [-0.2, 0) is 24.4 Å². The third kappa shape index (κ3) is 7.64. The largest absolute Gasteiger partial charge is 0.489 e. The summed E-state index contributed by atoms with van der Waals surface area (Å²) in [6.07, 6.45) is 3.64. The number of amides is 1. The lowest BCUT2D eigenvalue weighted by Crippen LogP contribution is -2.40. The normalized spacial score (nSPS) is 16.8. The molecule has 0 spiro atoms. The molecular formula is C26H35N5O2. The van der Waals surface area contributed by atoms with Crippen LogP contribution in [0, 0.1) is 5.92 Å². The Morgan fingerprint density at radius 3 is 2.79 bits per heavy atom. The predicted octanol–water partition coefficient (Wildman–Crippen LogP) is 2.81. The number of nitrogens with two attached hydrogens (primary N) is 1. The Kier molecular flexibility index (Phi) is 9.32. The lowest BCUT2D eigenvalue weighted by atomic mass is 9.97. The topological polar surface area (TPSA) is 92.0 Å². The van der Waals surface area contributed by atoms with Crippen LogP contribution in [0.5, 0.6) is 5.75 Å². The van der Waals surface area contributed by atoms with Crippen molar-refractivity contribution in [3.05, 3.63) is 77.9 Å². The summed E-state index contributed by atoms with van der Waals surface area (Å²) in [7, 11) is 1.76. The van der Waals surface area contributed by atoms with E-state index in [2.05, 4.69) is 51.4 Å². The number of nitrogens with one attached hydrogen (secondary N) is 2. The first-order valence-corrected chi connectivity index (χ1v) is 11.4. The molecule has 33 heavy (non-hydrogen) atoms. The van der Waals surface area contributed by atoms with E-state index >= 15 is 0 Å². The molecule has 1 atom stereocenters. The molecule has 0 aromatic heterocycles. The van der Waals surface area contributed by atoms with Crippen molar-refractivity contribution in [3.8, 4) is 5.75 Å². The van der Waals surface area contributed by atoms with E-state index < -0.39 is 0 Å². The van der Waals surface area contributed by atoms with Crippen molar-refractivity contribution in [3.63, 3.8) is 0 Å². The minimum absolute atomic E-state index is 0.0368. The van der Waals surface area contributed by atoms with Crippen LogP contribution in [0.4, 0.5) is 0 Å². The third-order valence-corrected chi connectivity index (χ3v) is 5.76. The van der Waals surface area contributed by atoms with Crippen molar-refractivity contribution in [1.29, 1.82) is 0 Å². The van der Waals surface area contributed by atoms with Gasteiger partial charge in [0.2, 0.25) is 5.91 Å². The smallest absolute Gasteiger partial charge is 0.221 e. The van der Waals surface area contributed by atoms with Crippen molar-refractivity contribution in [2.45, 2.75) is 32.5 Å². The second-order valence-corrected chi connectivity index (χ2v) is 8.28. The number of aliphatic imine (C=N–C) groups is 1. The van der Waals surface area contributed by atoms with Gasteiger partial charge in [-0.05, 0) is 36.6 Å². The van der Waals surface area contributed by atoms with E-state index in [0.29, 0.717) is 19.7 Å². The number of likely N-dealkylation sites (tertiary alicyclic amines) is 1. The number of para-hydroxylation sites is 1. The summed E-state index contributed by atoms with van der Waals surface area (Å²) in [5.74, 6) is 1.33. The van der Waals surface area contributed by atoms with Gasteiger partial charge in [0.1, 0.15) is 12.4 Å². The average Bonchev–Trinajstić information content (AvgIpc) is 2.84. The Hall–Kier alpha value is -3.32. The van der Waals surface area contributed by atoms with Crippen molar-refractivity contribution >= 4 is 11.9 Å². The minimum Gasteiger partial charge on any atom is -0.489 e. The zero-order valence-electron chi connectivity index (χ0n) is 19.4. The van der Waals surface area contributed by atoms with E-state index in [1.54, 1.807) is 13.1 Å². The average molecular weight is 450 g/mol. The van der Waals surface area contributed by atoms with E-state index in [1.165, 1.54) is 11.1 Å². The molecule has 176 valence electrons. The highest BCUT2D eigenvalue weighted by atomic mass is 16.5. The van der Waals surface area contributed by atoms with Crippen LogP contribution >= 0.6 is 0 Å². The van der Waals surface area contributed by atoms with E-state index in [4.69, 9.17) is 10.5 Å². The molecule has 3 rings (SSSR count). The van der Waals surface area contributed by atoms with E-state index in [-0.39, 0.29) is 11.8 Å². The zero-order chi connectivity index (χ0) is 23.5. The van der Waals surface area contributed by atoms with Gasteiger partial charge in [-0.25, -0.2) is 0 Å². The van der Waals surface area contributed by atoms with Gasteiger partial charge in [0, 0.05) is 38.8 Å². The first-order valence-electron chi connectivity index (χ1n) is 11.4. The summed E-state index contributed by atoms with van der Waals surface area (Å²) in [4.78, 5) is 18.2. The zero-order valence-corrected chi connectivity index (χ0v) is 19.4. The lowest BCUT2D eigenvalue weighted by molar-refractivity contribution is -0.123. The quantitative estimate of drug-likeness (QED) is 0.295. The Morgan fingerprint density at radius 1 is 1.21 bits per heavy atom. The molecule has 0 radical (unpaired) electrons. The molecule has 2 aromatic carbocycles. The van der Waals surface area contributed by atoms with E-state index in [9.17, 15) is 4.79 Å². The molecule has 0 bridgehead atoms. The summed E-state index contributed by atoms with van der Waals surface area (Å²) >= 11 is 0. The van der Waals surface area contributed by atoms with E-state index in [0.717, 1.165) is 49.7 Å². The van der Waals surface area contributed by atoms with Gasteiger partial charge in [0.05, 0.1) is 5.92 Å². The number of hydrogen-bond acceptors (Lipinski definition) is 4. The van der Waals surface area contributed by atoms with Crippen LogP contribution in [0.15, 0.2) is 66.2 Å². The van der Waals surface area contributed by atoms with Gasteiger partial charge in [0.15, 0.2) is 5.96 Å². The first kappa shape index (κ1) is 24.3. The highest BCUT2D eigenvalue weighted by Crippen LogP contribution is 2.19. The van der Waals surface area contributed by atoms with Crippen molar-refractivity contribution in [2.75, 3.05) is 26.7 Å². The maximum atomic E-state index is 11.6. The van der Waals surface area contributed by atoms with Gasteiger partial charge in [-0.3, -0.25) is 14.7 Å². The molecule has 7 heteroatoms. The number of carbonyl (C=O) groups excluding carboxylic acids is 1. The molecule has 1 amide bonds. The number of piperidine rings is 1. The van der Waals surface area contributed by atoms with Crippen LogP contribution in [0.3, 0.4) is 0 Å². The van der Waals surface area contributed by atoms with Crippen LogP contribution in [0.1, 0.15) is 29.5 Å². The van der Waals surface area contributed by atoms with Crippen LogP contribution in [0.25, 0.3) is 0 Å². The molecule has 2 aromatic rings. The molecular weight excluding hydrogens is 414 g/mol. The molecule has 1 aliphatic rings. The molecule has 4 N–H and O–H groups in total. The standard InChI is InChI=1S/C26H35N5O2/c1-3-14-33-24-12-5-4-10-22(24)17-30-26(28-2)29-16-20-8-6-9-21(15-20)18-31-13-7-11-23(19-31)25(27)32/h3-6,8-10,12,15,23H,1,7,11,13-14,16-19H2,2H3,(H2,27,32)(H2,28,29,30). The van der Waals surface area contributed by atoms with Gasteiger partial charge >= 0.3 is 0 Å². The number of primary amides is 1. The Balaban J connectivity index is 1.52. The summed E-state index contributed by atoms with van der Waals surface area (Å²) in [6.45, 7) is 8.00. The molecule has 1 heterocycles. The second kappa shape index (κ2) is 12.6. The van der Waals surface area contributed by atoms with Gasteiger partial charge in [-0.15, -0.1) is 0 Å². The number of carbonyl (C=O) groups is 1. The molecule has 7 nitrogen and oxygen atoms in total. The predicted molar refractivity (Wildman–Crippen MR) is 133 cm³/mol. The monoisotopic (exact) mass is 449 g/mol. The summed E-state index contributed by atoms with van der Waals surface area (Å²) in [5.41, 5.74) is 8.98. The number of benzene rings is 2. The van der Waals surface area contributed by atoms with E-state index in [1.807, 2.05) is 24.3 Å². The molecule has 1 aliphatic heterocycles. The third-order valence-electron chi connectivity index (χ3n) is 5.76. The number of guanidine groups is 1. The summed E-state index contributed by atoms with van der Waals surface area (Å²) < 4.78 is 5.73. The Bertz CT molecular complexity index is 959. The number of ether oxygens (including phenoxy) is 1. The Labute approximate surface area is 196 Å². The fourth-order valence-electron chi connectivity index (χ4n) is 4.05. The second-order valence-electron chi connectivity index (χ2n) is 8.28. The highest BCUT2D eigenvalue weighted by Gasteiger charge is 2.23. The van der Waals surface area contributed by atoms with Crippen LogP contribution < -0.4 is 21.1 Å². The summed E-state index contributed by atoms with van der Waals surface area (Å²) in [5, 5.41) is 6.73. The van der Waals surface area contributed by atoms with Gasteiger partial charge in [-0.2, -0.15) is 0 Å². The number of hydrogen-bond donors (Lipinski definition) is 3. The fraction of sp³-hybridized carbons (Fsp3) is 0.385. The molecule has 1 saturated heterocycles. The van der Waals surface area contributed by atoms with Gasteiger partial charge in [-0.1, -0.05) is 55.1 Å². The van der Waals surface area contributed by atoms with Crippen LogP contribution in [-0.4, -0.2) is 43.5 Å². The van der Waals surface area contributed by atoms with Crippen molar-refractivity contribution < 1.29 is 9.53 Å². The molecule has 1 unspecified atom stereocenters. The fourth-order valence-corrected chi connectivity index (χ4v) is 4.05. The van der Waals surface area contributed by atoms with Gasteiger partial charge < -0.3 is 21.1 Å². The van der Waals surface area contributed by atoms with Crippen LogP contribution in [0.2, 0.25) is 0 Å². The molecule has 1 fully saturated rings. The number of nitrogens with zero attached hydrogens (tertiary/aromatic N) is 2. The highest BCUT2D eigenvalue weighted by molar-refractivity contribution is 5.79. The minimum atomic E-state index is -0.188. The van der Waals surface area contributed by atoms with Crippen molar-refractivity contribution in [2.24, 2.45) is 16.6 Å².